The van der Waals surface area contributed by atoms with Crippen LogP contribution in [0.3, 0.4) is 0 Å². The minimum atomic E-state index is -1.34. The first kappa shape index (κ1) is 20.5. The molecule has 2 rings (SSSR count). The van der Waals surface area contributed by atoms with Gasteiger partial charge in [-0.2, -0.15) is 9.35 Å². The summed E-state index contributed by atoms with van der Waals surface area (Å²) in [6.45, 7) is 3.50. The average molecular weight is 379 g/mol. The van der Waals surface area contributed by atoms with Gasteiger partial charge in [0, 0.05) is 18.9 Å². The summed E-state index contributed by atoms with van der Waals surface area (Å²) in [4.78, 5) is 10.2. The second-order valence-electron chi connectivity index (χ2n) is 5.53. The molecule has 0 heterocycles. The lowest BCUT2D eigenvalue weighted by Crippen LogP contribution is -2.25. The van der Waals surface area contributed by atoms with E-state index in [0.717, 1.165) is 22.4 Å². The van der Waals surface area contributed by atoms with Gasteiger partial charge in [0.15, 0.2) is 11.1 Å². The third-order valence-corrected chi connectivity index (χ3v) is 3.94. The van der Waals surface area contributed by atoms with Crippen molar-refractivity contribution in [3.05, 3.63) is 54.1 Å². The number of rotatable bonds is 11. The van der Waals surface area contributed by atoms with Crippen molar-refractivity contribution >= 4 is 11.1 Å². The Kier molecular flexibility index (Phi) is 8.73. The molecule has 0 fully saturated rings. The lowest BCUT2D eigenvalue weighted by atomic mass is 10.0. The largest absolute Gasteiger partial charge is 0.492 e. The Hall–Kier alpha value is -1.77. The second kappa shape index (κ2) is 11.1. The highest BCUT2D eigenvalue weighted by molar-refractivity contribution is 7.79. The van der Waals surface area contributed by atoms with Crippen molar-refractivity contribution < 1.29 is 23.0 Å². The van der Waals surface area contributed by atoms with E-state index in [0.29, 0.717) is 19.8 Å². The van der Waals surface area contributed by atoms with Gasteiger partial charge >= 0.3 is 0 Å². The predicted molar refractivity (Wildman–Crippen MR) is 102 cm³/mol. The van der Waals surface area contributed by atoms with Gasteiger partial charge in [-0.3, -0.25) is 0 Å². The minimum absolute atomic E-state index is 0.287. The Balaban J connectivity index is 2.07. The van der Waals surface area contributed by atoms with Crippen LogP contribution in [0.2, 0.25) is 0 Å². The molecule has 2 aromatic rings. The quantitative estimate of drug-likeness (QED) is 0.339. The molecule has 0 aliphatic rings. The molecular formula is C19H25NO5S. The molecule has 0 bridgehead atoms. The normalized spacial score (nSPS) is 12.3. The van der Waals surface area contributed by atoms with Gasteiger partial charge in [0.1, 0.15) is 19.0 Å². The van der Waals surface area contributed by atoms with Crippen LogP contribution in [0.15, 0.2) is 48.5 Å². The van der Waals surface area contributed by atoms with Crippen molar-refractivity contribution in [1.82, 2.24) is 5.06 Å². The molecular weight excluding hydrogens is 354 g/mol. The Labute approximate surface area is 157 Å². The van der Waals surface area contributed by atoms with E-state index in [1.165, 1.54) is 11.3 Å². The van der Waals surface area contributed by atoms with Crippen LogP contribution in [0, 0.1) is 0 Å². The SMILES string of the molecule is CCOOCc1cc(-c2ccccc2)ccc1OCCN(C)OS(C)=O. The van der Waals surface area contributed by atoms with Crippen molar-refractivity contribution in [2.75, 3.05) is 33.1 Å². The first-order chi connectivity index (χ1) is 12.6. The molecule has 0 saturated heterocycles. The van der Waals surface area contributed by atoms with Crippen LogP contribution in [0.25, 0.3) is 11.1 Å². The Morgan fingerprint density at radius 3 is 2.50 bits per heavy atom. The molecule has 26 heavy (non-hydrogen) atoms. The van der Waals surface area contributed by atoms with Crippen LogP contribution in [-0.4, -0.2) is 42.3 Å². The third kappa shape index (κ3) is 6.86. The molecule has 1 unspecified atom stereocenters. The zero-order chi connectivity index (χ0) is 18.8. The third-order valence-electron chi connectivity index (χ3n) is 3.48. The van der Waals surface area contributed by atoms with Crippen LogP contribution in [0.1, 0.15) is 12.5 Å². The lowest BCUT2D eigenvalue weighted by molar-refractivity contribution is -0.300. The molecule has 0 spiro atoms. The van der Waals surface area contributed by atoms with Crippen molar-refractivity contribution in [2.24, 2.45) is 0 Å². The van der Waals surface area contributed by atoms with E-state index in [4.69, 9.17) is 18.8 Å². The number of hydrogen-bond donors (Lipinski definition) is 0. The highest BCUT2D eigenvalue weighted by Gasteiger charge is 2.09. The number of hydrogen-bond acceptors (Lipinski definition) is 6. The molecule has 142 valence electrons. The maximum atomic E-state index is 11.0. The molecule has 0 radical (unpaired) electrons. The summed E-state index contributed by atoms with van der Waals surface area (Å²) < 4.78 is 21.9. The maximum absolute atomic E-state index is 11.0. The smallest absolute Gasteiger partial charge is 0.170 e. The maximum Gasteiger partial charge on any atom is 0.170 e. The zero-order valence-electron chi connectivity index (χ0n) is 15.3. The number of ether oxygens (including phenoxy) is 1. The van der Waals surface area contributed by atoms with Crippen LogP contribution in [-0.2, 0) is 31.7 Å². The first-order valence-corrected chi connectivity index (χ1v) is 9.87. The fraction of sp³-hybridized carbons (Fsp3) is 0.368. The topological polar surface area (TPSA) is 57.2 Å². The molecule has 0 saturated carbocycles. The molecule has 0 aliphatic carbocycles. The molecule has 0 aromatic heterocycles. The second-order valence-corrected chi connectivity index (χ2v) is 6.48. The average Bonchev–Trinajstić information content (AvgIpc) is 2.63. The monoisotopic (exact) mass is 379 g/mol. The van der Waals surface area contributed by atoms with Gasteiger partial charge in [-0.25, -0.2) is 14.0 Å². The minimum Gasteiger partial charge on any atom is -0.492 e. The summed E-state index contributed by atoms with van der Waals surface area (Å²) in [7, 11) is 1.71. The van der Waals surface area contributed by atoms with Crippen LogP contribution in [0.4, 0.5) is 0 Å². The van der Waals surface area contributed by atoms with Gasteiger partial charge in [-0.05, 0) is 30.2 Å². The summed E-state index contributed by atoms with van der Waals surface area (Å²) >= 11 is -1.34. The zero-order valence-corrected chi connectivity index (χ0v) is 16.2. The van der Waals surface area contributed by atoms with E-state index in [1.54, 1.807) is 7.05 Å². The molecule has 0 N–H and O–H groups in total. The Morgan fingerprint density at radius 2 is 1.81 bits per heavy atom. The predicted octanol–water partition coefficient (Wildman–Crippen LogP) is 3.36. The van der Waals surface area contributed by atoms with E-state index in [-0.39, 0.29) is 6.61 Å². The summed E-state index contributed by atoms with van der Waals surface area (Å²) in [5.74, 6) is 0.718. The van der Waals surface area contributed by atoms with Gasteiger partial charge in [0.2, 0.25) is 0 Å². The van der Waals surface area contributed by atoms with Gasteiger partial charge in [-0.15, -0.1) is 0 Å². The number of benzene rings is 2. The van der Waals surface area contributed by atoms with E-state index in [2.05, 4.69) is 12.1 Å². The van der Waals surface area contributed by atoms with Crippen molar-refractivity contribution in [2.45, 2.75) is 13.5 Å². The molecule has 0 aliphatic heterocycles. The standard InChI is InChI=1S/C19H25NO5S/c1-4-23-24-15-18-14-17(16-8-6-5-7-9-16)10-11-19(18)22-13-12-20(2)25-26(3)21/h5-11,14H,4,12-13,15H2,1-3H3. The van der Waals surface area contributed by atoms with Crippen LogP contribution >= 0.6 is 0 Å². The molecule has 7 heteroatoms. The van der Waals surface area contributed by atoms with Crippen molar-refractivity contribution in [3.8, 4) is 16.9 Å². The number of nitrogens with zero attached hydrogens (tertiary/aromatic N) is 1. The summed E-state index contributed by atoms with van der Waals surface area (Å²) in [6, 6.07) is 16.1. The van der Waals surface area contributed by atoms with Crippen LogP contribution in [0.5, 0.6) is 5.75 Å². The van der Waals surface area contributed by atoms with Crippen molar-refractivity contribution in [3.63, 3.8) is 0 Å². The summed E-state index contributed by atoms with van der Waals surface area (Å²) in [6.07, 6.45) is 1.48. The Morgan fingerprint density at radius 1 is 1.04 bits per heavy atom. The number of likely N-dealkylation sites (N-methyl/N-ethyl adjacent to an activating group) is 1. The van der Waals surface area contributed by atoms with E-state index >= 15 is 0 Å². The van der Waals surface area contributed by atoms with E-state index in [1.807, 2.05) is 43.3 Å². The van der Waals surface area contributed by atoms with Gasteiger partial charge in [0.25, 0.3) is 0 Å². The molecule has 0 amide bonds. The fourth-order valence-corrected chi connectivity index (χ4v) is 2.77. The lowest BCUT2D eigenvalue weighted by Gasteiger charge is -2.16. The van der Waals surface area contributed by atoms with Crippen LogP contribution < -0.4 is 4.74 Å². The summed E-state index contributed by atoms with van der Waals surface area (Å²) in [5, 5.41) is 1.49. The summed E-state index contributed by atoms with van der Waals surface area (Å²) in [5.41, 5.74) is 3.09. The van der Waals surface area contributed by atoms with E-state index < -0.39 is 11.1 Å². The van der Waals surface area contributed by atoms with Gasteiger partial charge in [-0.1, -0.05) is 36.4 Å². The highest BCUT2D eigenvalue weighted by Crippen LogP contribution is 2.27. The highest BCUT2D eigenvalue weighted by atomic mass is 32.2. The van der Waals surface area contributed by atoms with E-state index in [9.17, 15) is 4.21 Å². The Bertz CT molecular complexity index is 696. The number of hydroxylamine groups is 2. The van der Waals surface area contributed by atoms with Gasteiger partial charge in [0.05, 0.1) is 13.2 Å². The molecule has 1 atom stereocenters. The van der Waals surface area contributed by atoms with Gasteiger partial charge < -0.3 is 4.74 Å². The molecule has 2 aromatic carbocycles. The molecule has 6 nitrogen and oxygen atoms in total. The fourth-order valence-electron chi connectivity index (χ4n) is 2.33. The first-order valence-electron chi connectivity index (χ1n) is 8.38. The van der Waals surface area contributed by atoms with Crippen molar-refractivity contribution in [1.29, 1.82) is 0 Å².